The van der Waals surface area contributed by atoms with Gasteiger partial charge in [-0.05, 0) is 92.3 Å². The molecular weight excluding hydrogens is 260 g/mol. The van der Waals surface area contributed by atoms with Crippen LogP contribution in [0, 0.1) is 34.5 Å². The molecule has 4 fully saturated rings. The Morgan fingerprint density at radius 3 is 2.29 bits per heavy atom. The second-order valence-corrected chi connectivity index (χ2v) is 9.23. The predicted octanol–water partition coefficient (Wildman–Crippen LogP) is 3.75. The molecule has 21 heavy (non-hydrogen) atoms. The van der Waals surface area contributed by atoms with Crippen molar-refractivity contribution in [1.82, 2.24) is 0 Å². The van der Waals surface area contributed by atoms with E-state index in [-0.39, 0.29) is 17.6 Å². The summed E-state index contributed by atoms with van der Waals surface area (Å²) >= 11 is 0. The van der Waals surface area contributed by atoms with Gasteiger partial charge in [0.1, 0.15) is 0 Å². The van der Waals surface area contributed by atoms with Crippen molar-refractivity contribution in [2.75, 3.05) is 0 Å². The van der Waals surface area contributed by atoms with Crippen LogP contribution < -0.4 is 0 Å². The number of hydrogen-bond acceptors (Lipinski definition) is 2. The van der Waals surface area contributed by atoms with Crippen LogP contribution >= 0.6 is 0 Å². The van der Waals surface area contributed by atoms with Crippen LogP contribution in [0.1, 0.15) is 71.6 Å². The van der Waals surface area contributed by atoms with Gasteiger partial charge in [0, 0.05) is 0 Å². The molecule has 0 amide bonds. The summed E-state index contributed by atoms with van der Waals surface area (Å²) in [5, 5.41) is 20.7. The average Bonchev–Trinajstić information content (AvgIpc) is 2.74. The number of aliphatic hydroxyl groups excluding tert-OH is 2. The van der Waals surface area contributed by atoms with E-state index in [9.17, 15) is 10.2 Å². The van der Waals surface area contributed by atoms with Crippen molar-refractivity contribution in [2.24, 2.45) is 34.5 Å². The lowest BCUT2D eigenvalue weighted by Crippen LogP contribution is -2.54. The molecule has 0 saturated heterocycles. The van der Waals surface area contributed by atoms with Gasteiger partial charge < -0.3 is 10.2 Å². The molecular formula is C19H32O2. The maximum Gasteiger partial charge on any atom is 0.0596 e. The Balaban J connectivity index is 1.64. The highest BCUT2D eigenvalue weighted by molar-refractivity contribution is 5.09. The normalized spacial score (nSPS) is 60.0. The van der Waals surface area contributed by atoms with E-state index in [0.717, 1.165) is 42.9 Å². The molecule has 120 valence electrons. The zero-order valence-corrected chi connectivity index (χ0v) is 13.7. The van der Waals surface area contributed by atoms with Gasteiger partial charge in [0.05, 0.1) is 12.2 Å². The van der Waals surface area contributed by atoms with Crippen molar-refractivity contribution < 1.29 is 10.2 Å². The van der Waals surface area contributed by atoms with Gasteiger partial charge in [-0.25, -0.2) is 0 Å². The lowest BCUT2D eigenvalue weighted by Gasteiger charge is -2.60. The minimum absolute atomic E-state index is 0.0625. The van der Waals surface area contributed by atoms with Crippen molar-refractivity contribution in [3.8, 4) is 0 Å². The van der Waals surface area contributed by atoms with E-state index in [2.05, 4.69) is 13.8 Å². The first-order chi connectivity index (χ1) is 9.95. The number of hydrogen-bond donors (Lipinski definition) is 2. The minimum atomic E-state index is -0.0640. The summed E-state index contributed by atoms with van der Waals surface area (Å²) in [6, 6.07) is 0. The fourth-order valence-corrected chi connectivity index (χ4v) is 7.30. The predicted molar refractivity (Wildman–Crippen MR) is 83.7 cm³/mol. The van der Waals surface area contributed by atoms with Crippen molar-refractivity contribution in [2.45, 2.75) is 83.8 Å². The Labute approximate surface area is 129 Å². The number of aliphatic hydroxyl groups is 2. The minimum Gasteiger partial charge on any atom is -0.393 e. The number of rotatable bonds is 0. The summed E-state index contributed by atoms with van der Waals surface area (Å²) in [7, 11) is 0. The molecule has 4 aliphatic carbocycles. The molecule has 4 saturated carbocycles. The monoisotopic (exact) mass is 292 g/mol. The molecule has 0 aromatic heterocycles. The third-order valence-corrected chi connectivity index (χ3v) is 8.54. The van der Waals surface area contributed by atoms with Gasteiger partial charge in [-0.15, -0.1) is 0 Å². The highest BCUT2D eigenvalue weighted by Gasteiger charge is 2.60. The van der Waals surface area contributed by atoms with Crippen LogP contribution in [0.3, 0.4) is 0 Å². The first kappa shape index (κ1) is 14.5. The van der Waals surface area contributed by atoms with Crippen LogP contribution in [0.5, 0.6) is 0 Å². The van der Waals surface area contributed by atoms with Crippen molar-refractivity contribution in [1.29, 1.82) is 0 Å². The van der Waals surface area contributed by atoms with E-state index in [1.807, 2.05) is 0 Å². The maximum atomic E-state index is 10.5. The third kappa shape index (κ3) is 1.91. The first-order valence-electron chi connectivity index (χ1n) is 9.31. The fourth-order valence-electron chi connectivity index (χ4n) is 7.30. The average molecular weight is 292 g/mol. The standard InChI is InChI=1S/C19H32O2/c1-18-10-9-16-14(15(18)7-8-17(18)21)6-4-12-3-5-13(20)11-19(12,16)2/h12-17,20-21H,3-11H2,1-2H3/t12-,13?,14+,15+,16+,17?,18+,19+/m1/s1. The highest BCUT2D eigenvalue weighted by atomic mass is 16.3. The van der Waals surface area contributed by atoms with Crippen molar-refractivity contribution >= 4 is 0 Å². The van der Waals surface area contributed by atoms with Gasteiger partial charge in [0.2, 0.25) is 0 Å². The zero-order chi connectivity index (χ0) is 14.8. The summed E-state index contributed by atoms with van der Waals surface area (Å²) in [5.41, 5.74) is 0.563. The molecule has 0 radical (unpaired) electrons. The van der Waals surface area contributed by atoms with Gasteiger partial charge in [-0.2, -0.15) is 0 Å². The molecule has 0 aliphatic heterocycles. The molecule has 2 unspecified atom stereocenters. The quantitative estimate of drug-likeness (QED) is 0.714. The Morgan fingerprint density at radius 2 is 1.48 bits per heavy atom. The van der Waals surface area contributed by atoms with E-state index >= 15 is 0 Å². The van der Waals surface area contributed by atoms with Crippen LogP contribution in [-0.4, -0.2) is 22.4 Å². The topological polar surface area (TPSA) is 40.5 Å². The molecule has 0 heterocycles. The van der Waals surface area contributed by atoms with Gasteiger partial charge in [-0.3, -0.25) is 0 Å². The summed E-state index contributed by atoms with van der Waals surface area (Å²) in [4.78, 5) is 0. The van der Waals surface area contributed by atoms with E-state index in [1.165, 1.54) is 38.5 Å². The Kier molecular flexibility index (Phi) is 3.25. The van der Waals surface area contributed by atoms with Crippen LogP contribution in [0.15, 0.2) is 0 Å². The SMILES string of the molecule is C[C@]12CC(O)CC[C@@H]1CC[C@@H]1[C@@H]2CC[C@]2(C)C(O)CC[C@@H]12. The van der Waals surface area contributed by atoms with Crippen LogP contribution in [0.2, 0.25) is 0 Å². The van der Waals surface area contributed by atoms with E-state index in [1.54, 1.807) is 0 Å². The first-order valence-corrected chi connectivity index (χ1v) is 9.31. The molecule has 2 N–H and O–H groups in total. The second kappa shape index (κ2) is 4.71. The Morgan fingerprint density at radius 1 is 0.762 bits per heavy atom. The largest absolute Gasteiger partial charge is 0.393 e. The zero-order valence-electron chi connectivity index (χ0n) is 13.7. The second-order valence-electron chi connectivity index (χ2n) is 9.23. The maximum absolute atomic E-state index is 10.5. The summed E-state index contributed by atoms with van der Waals surface area (Å²) in [6.07, 6.45) is 10.7. The fraction of sp³-hybridized carbons (Fsp3) is 1.00. The smallest absolute Gasteiger partial charge is 0.0596 e. The molecule has 8 atom stereocenters. The molecule has 4 rings (SSSR count). The van der Waals surface area contributed by atoms with Gasteiger partial charge in [0.15, 0.2) is 0 Å². The molecule has 4 aliphatic rings. The van der Waals surface area contributed by atoms with Crippen LogP contribution in [-0.2, 0) is 0 Å². The van der Waals surface area contributed by atoms with Gasteiger partial charge in [0.25, 0.3) is 0 Å². The summed E-state index contributed by atoms with van der Waals surface area (Å²) in [6.45, 7) is 4.85. The van der Waals surface area contributed by atoms with E-state index in [0.29, 0.717) is 5.41 Å². The van der Waals surface area contributed by atoms with Crippen molar-refractivity contribution in [3.63, 3.8) is 0 Å². The van der Waals surface area contributed by atoms with Crippen molar-refractivity contribution in [3.05, 3.63) is 0 Å². The molecule has 2 heteroatoms. The Bertz CT molecular complexity index is 422. The summed E-state index contributed by atoms with van der Waals surface area (Å²) < 4.78 is 0. The molecule has 2 nitrogen and oxygen atoms in total. The highest BCUT2D eigenvalue weighted by Crippen LogP contribution is 2.66. The lowest BCUT2D eigenvalue weighted by atomic mass is 9.45. The molecule has 0 bridgehead atoms. The molecule has 0 aromatic carbocycles. The summed E-state index contributed by atoms with van der Waals surface area (Å²) in [5.74, 6) is 3.20. The van der Waals surface area contributed by atoms with E-state index < -0.39 is 0 Å². The Hall–Kier alpha value is -0.0800. The lowest BCUT2D eigenvalue weighted by molar-refractivity contribution is -0.137. The van der Waals surface area contributed by atoms with E-state index in [4.69, 9.17) is 0 Å². The third-order valence-electron chi connectivity index (χ3n) is 8.54. The molecule has 0 spiro atoms. The van der Waals surface area contributed by atoms with Crippen LogP contribution in [0.4, 0.5) is 0 Å². The number of fused-ring (bicyclic) bond motifs is 5. The van der Waals surface area contributed by atoms with Gasteiger partial charge >= 0.3 is 0 Å². The van der Waals surface area contributed by atoms with Crippen LogP contribution in [0.25, 0.3) is 0 Å². The van der Waals surface area contributed by atoms with Gasteiger partial charge in [-0.1, -0.05) is 13.8 Å². The molecule has 0 aromatic rings.